The number of carbonyl (C=O) groups excluding carboxylic acids is 1. The molecule has 1 heterocycles. The van der Waals surface area contributed by atoms with E-state index in [2.05, 4.69) is 0 Å². The summed E-state index contributed by atoms with van der Waals surface area (Å²) >= 11 is 0. The van der Waals surface area contributed by atoms with Crippen molar-refractivity contribution in [1.82, 2.24) is 4.90 Å². The van der Waals surface area contributed by atoms with Crippen LogP contribution in [0.2, 0.25) is 0 Å². The van der Waals surface area contributed by atoms with Crippen molar-refractivity contribution < 1.29 is 22.7 Å². The molecule has 1 fully saturated rings. The van der Waals surface area contributed by atoms with Gasteiger partial charge in [0, 0.05) is 18.7 Å². The molecule has 1 amide bonds. The number of carbonyl (C=O) groups is 1. The van der Waals surface area contributed by atoms with E-state index in [4.69, 9.17) is 14.7 Å². The van der Waals surface area contributed by atoms with Gasteiger partial charge in [-0.15, -0.1) is 0 Å². The van der Waals surface area contributed by atoms with Gasteiger partial charge in [0.2, 0.25) is 0 Å². The van der Waals surface area contributed by atoms with E-state index < -0.39 is 9.84 Å². The van der Waals surface area contributed by atoms with Gasteiger partial charge >= 0.3 is 0 Å². The number of nitriles is 1. The SMILES string of the molecule is CCN(C(=O)COc1ccc(C#N)cc1OC)[C@@H]1CCS(=O)(=O)C1. The number of hydrogen-bond acceptors (Lipinski definition) is 6. The summed E-state index contributed by atoms with van der Waals surface area (Å²) < 4.78 is 33.9. The van der Waals surface area contributed by atoms with E-state index in [9.17, 15) is 13.2 Å². The Balaban J connectivity index is 2.03. The van der Waals surface area contributed by atoms with Gasteiger partial charge in [0.1, 0.15) is 0 Å². The fraction of sp³-hybridized carbons (Fsp3) is 0.500. The quantitative estimate of drug-likeness (QED) is 0.757. The molecule has 0 bridgehead atoms. The van der Waals surface area contributed by atoms with Crippen LogP contribution in [-0.2, 0) is 14.6 Å². The first kappa shape index (κ1) is 18.1. The Morgan fingerprint density at radius 3 is 2.71 bits per heavy atom. The summed E-state index contributed by atoms with van der Waals surface area (Å²) in [6.07, 6.45) is 0.460. The van der Waals surface area contributed by atoms with Crippen molar-refractivity contribution >= 4 is 15.7 Å². The second-order valence-corrected chi connectivity index (χ2v) is 7.73. The summed E-state index contributed by atoms with van der Waals surface area (Å²) in [7, 11) is -1.60. The van der Waals surface area contributed by atoms with Gasteiger partial charge < -0.3 is 14.4 Å². The first-order valence-electron chi connectivity index (χ1n) is 7.61. The van der Waals surface area contributed by atoms with Crippen LogP contribution in [0.4, 0.5) is 0 Å². The highest BCUT2D eigenvalue weighted by Gasteiger charge is 2.34. The summed E-state index contributed by atoms with van der Waals surface area (Å²) in [4.78, 5) is 13.9. The third-order valence-corrected chi connectivity index (χ3v) is 5.70. The van der Waals surface area contributed by atoms with Crippen molar-refractivity contribution in [1.29, 1.82) is 5.26 Å². The molecule has 0 saturated carbocycles. The van der Waals surface area contributed by atoms with Gasteiger partial charge in [-0.25, -0.2) is 8.42 Å². The van der Waals surface area contributed by atoms with Crippen LogP contribution < -0.4 is 9.47 Å². The van der Waals surface area contributed by atoms with Crippen molar-refractivity contribution in [3.05, 3.63) is 23.8 Å². The molecule has 0 spiro atoms. The molecule has 7 nitrogen and oxygen atoms in total. The summed E-state index contributed by atoms with van der Waals surface area (Å²) in [6.45, 7) is 2.02. The normalized spacial score (nSPS) is 18.6. The van der Waals surface area contributed by atoms with Gasteiger partial charge in [-0.1, -0.05) is 0 Å². The van der Waals surface area contributed by atoms with Crippen LogP contribution in [0.15, 0.2) is 18.2 Å². The number of rotatable bonds is 6. The Bertz CT molecular complexity index is 754. The van der Waals surface area contributed by atoms with E-state index in [1.54, 1.807) is 17.0 Å². The van der Waals surface area contributed by atoms with Gasteiger partial charge in [-0.2, -0.15) is 5.26 Å². The van der Waals surface area contributed by atoms with Crippen LogP contribution in [0, 0.1) is 11.3 Å². The molecule has 0 aliphatic carbocycles. The number of nitrogens with zero attached hydrogens (tertiary/aromatic N) is 2. The standard InChI is InChI=1S/C16H20N2O5S/c1-3-18(13-6-7-24(20,21)11-13)16(19)10-23-14-5-4-12(9-17)8-15(14)22-2/h4-5,8,13H,3,6-7,10-11H2,1-2H3/t13-/m1/s1. The molecule has 1 saturated heterocycles. The van der Waals surface area contributed by atoms with E-state index in [-0.39, 0.29) is 30.1 Å². The van der Waals surface area contributed by atoms with Crippen LogP contribution in [-0.4, -0.2) is 57.0 Å². The van der Waals surface area contributed by atoms with Crippen molar-refractivity contribution in [3.63, 3.8) is 0 Å². The largest absolute Gasteiger partial charge is 0.493 e. The Morgan fingerprint density at radius 1 is 1.42 bits per heavy atom. The second kappa shape index (κ2) is 7.53. The summed E-state index contributed by atoms with van der Waals surface area (Å²) in [5, 5.41) is 8.88. The van der Waals surface area contributed by atoms with Crippen LogP contribution in [0.5, 0.6) is 11.5 Å². The Morgan fingerprint density at radius 2 is 2.17 bits per heavy atom. The number of hydrogen-bond donors (Lipinski definition) is 0. The predicted octanol–water partition coefficient (Wildman–Crippen LogP) is 0.981. The van der Waals surface area contributed by atoms with E-state index >= 15 is 0 Å². The molecular weight excluding hydrogens is 332 g/mol. The lowest BCUT2D eigenvalue weighted by atomic mass is 10.2. The van der Waals surface area contributed by atoms with Gasteiger partial charge in [0.15, 0.2) is 27.9 Å². The fourth-order valence-corrected chi connectivity index (χ4v) is 4.47. The minimum atomic E-state index is -3.05. The van der Waals surface area contributed by atoms with Crippen LogP contribution in [0.3, 0.4) is 0 Å². The number of ether oxygens (including phenoxy) is 2. The average Bonchev–Trinajstić information content (AvgIpc) is 2.93. The Kier molecular flexibility index (Phi) is 5.67. The minimum Gasteiger partial charge on any atom is -0.493 e. The molecule has 0 aromatic heterocycles. The highest BCUT2D eigenvalue weighted by Crippen LogP contribution is 2.28. The third kappa shape index (κ3) is 4.17. The molecule has 2 rings (SSSR count). The number of amides is 1. The molecule has 0 radical (unpaired) electrons. The highest BCUT2D eigenvalue weighted by atomic mass is 32.2. The molecule has 0 N–H and O–H groups in total. The molecule has 1 aromatic rings. The summed E-state index contributed by atoms with van der Waals surface area (Å²) in [5.74, 6) is 0.581. The van der Waals surface area contributed by atoms with Crippen molar-refractivity contribution in [2.45, 2.75) is 19.4 Å². The molecule has 24 heavy (non-hydrogen) atoms. The number of likely N-dealkylation sites (N-methyl/N-ethyl adjacent to an activating group) is 1. The van der Waals surface area contributed by atoms with Gasteiger partial charge in [-0.3, -0.25) is 4.79 Å². The highest BCUT2D eigenvalue weighted by molar-refractivity contribution is 7.91. The van der Waals surface area contributed by atoms with Crippen LogP contribution in [0.25, 0.3) is 0 Å². The van der Waals surface area contributed by atoms with Crippen molar-refractivity contribution in [3.8, 4) is 17.6 Å². The molecule has 0 unspecified atom stereocenters. The van der Waals surface area contributed by atoms with Crippen LogP contribution >= 0.6 is 0 Å². The van der Waals surface area contributed by atoms with E-state index in [1.807, 2.05) is 13.0 Å². The molecule has 130 valence electrons. The van der Waals surface area contributed by atoms with E-state index in [1.165, 1.54) is 13.2 Å². The van der Waals surface area contributed by atoms with E-state index in [0.29, 0.717) is 30.0 Å². The maximum absolute atomic E-state index is 12.4. The monoisotopic (exact) mass is 352 g/mol. The molecule has 8 heteroatoms. The zero-order valence-electron chi connectivity index (χ0n) is 13.7. The zero-order valence-corrected chi connectivity index (χ0v) is 14.5. The van der Waals surface area contributed by atoms with Crippen molar-refractivity contribution in [2.24, 2.45) is 0 Å². The van der Waals surface area contributed by atoms with Gasteiger partial charge in [0.05, 0.1) is 30.2 Å². The fourth-order valence-electron chi connectivity index (χ4n) is 2.74. The smallest absolute Gasteiger partial charge is 0.260 e. The lowest BCUT2D eigenvalue weighted by Gasteiger charge is -2.26. The van der Waals surface area contributed by atoms with Crippen molar-refractivity contribution in [2.75, 3.05) is 31.8 Å². The van der Waals surface area contributed by atoms with Gasteiger partial charge in [0.25, 0.3) is 5.91 Å². The van der Waals surface area contributed by atoms with E-state index in [0.717, 1.165) is 0 Å². The summed E-state index contributed by atoms with van der Waals surface area (Å²) in [6, 6.07) is 6.38. The van der Waals surface area contributed by atoms with Gasteiger partial charge in [-0.05, 0) is 25.5 Å². The Labute approximate surface area is 141 Å². The minimum absolute atomic E-state index is 0.00671. The summed E-state index contributed by atoms with van der Waals surface area (Å²) in [5.41, 5.74) is 0.428. The first-order chi connectivity index (χ1) is 11.4. The number of sulfone groups is 1. The molecule has 1 aliphatic heterocycles. The third-order valence-electron chi connectivity index (χ3n) is 3.95. The Hall–Kier alpha value is -2.27. The molecule has 1 atom stereocenters. The topological polar surface area (TPSA) is 96.7 Å². The zero-order chi connectivity index (χ0) is 17.7. The predicted molar refractivity (Wildman–Crippen MR) is 87.6 cm³/mol. The lowest BCUT2D eigenvalue weighted by Crippen LogP contribution is -2.43. The maximum atomic E-state index is 12.4. The lowest BCUT2D eigenvalue weighted by molar-refractivity contribution is -0.135. The van der Waals surface area contributed by atoms with Crippen LogP contribution in [0.1, 0.15) is 18.9 Å². The maximum Gasteiger partial charge on any atom is 0.260 e. The average molecular weight is 352 g/mol. The number of benzene rings is 1. The molecule has 1 aromatic carbocycles. The number of methoxy groups -OCH3 is 1. The molecular formula is C16H20N2O5S. The second-order valence-electron chi connectivity index (χ2n) is 5.50. The molecule has 1 aliphatic rings. The first-order valence-corrected chi connectivity index (χ1v) is 9.43.